The molecule has 2 heterocycles. The highest BCUT2D eigenvalue weighted by Gasteiger charge is 2.21. The number of hydrogen-bond acceptors (Lipinski definition) is 5. The molecule has 0 aliphatic rings. The van der Waals surface area contributed by atoms with Gasteiger partial charge in [0.25, 0.3) is 0 Å². The Morgan fingerprint density at radius 2 is 2.20 bits per heavy atom. The van der Waals surface area contributed by atoms with Gasteiger partial charge in [-0.05, 0) is 34.1 Å². The van der Waals surface area contributed by atoms with Gasteiger partial charge in [-0.25, -0.2) is 13.4 Å². The van der Waals surface area contributed by atoms with E-state index in [4.69, 9.17) is 0 Å². The molecule has 0 aliphatic heterocycles. The van der Waals surface area contributed by atoms with Crippen molar-refractivity contribution < 1.29 is 8.42 Å². The summed E-state index contributed by atoms with van der Waals surface area (Å²) < 4.78 is 27.1. The Balaban J connectivity index is 2.19. The summed E-state index contributed by atoms with van der Waals surface area (Å²) in [6, 6.07) is 5.11. The summed E-state index contributed by atoms with van der Waals surface area (Å²) in [4.78, 5) is 5.20. The van der Waals surface area contributed by atoms with Crippen LogP contribution in [0.3, 0.4) is 0 Å². The van der Waals surface area contributed by atoms with Crippen LogP contribution in [0.1, 0.15) is 4.88 Å². The van der Waals surface area contributed by atoms with Gasteiger partial charge in [0.15, 0.2) is 0 Å². The van der Waals surface area contributed by atoms with Crippen molar-refractivity contribution in [3.05, 3.63) is 39.1 Å². The molecule has 0 atom stereocenters. The summed E-state index contributed by atoms with van der Waals surface area (Å²) in [5.74, 6) is 0.633. The van der Waals surface area contributed by atoms with Gasteiger partial charge < -0.3 is 5.32 Å². The molecule has 2 rings (SSSR count). The van der Waals surface area contributed by atoms with Gasteiger partial charge in [-0.15, -0.1) is 11.3 Å². The number of anilines is 1. The lowest BCUT2D eigenvalue weighted by molar-refractivity contribution is 0.469. The molecule has 0 bridgehead atoms. The molecule has 0 spiro atoms. The summed E-state index contributed by atoms with van der Waals surface area (Å²) in [5.41, 5.74) is 0. The zero-order valence-corrected chi connectivity index (χ0v) is 14.2. The van der Waals surface area contributed by atoms with Crippen molar-refractivity contribution in [3.63, 3.8) is 0 Å². The fraction of sp³-hybridized carbons (Fsp3) is 0.250. The summed E-state index contributed by atoms with van der Waals surface area (Å²) in [6.07, 6.45) is 1.36. The van der Waals surface area contributed by atoms with Gasteiger partial charge in [0.1, 0.15) is 10.7 Å². The van der Waals surface area contributed by atoms with E-state index in [9.17, 15) is 8.42 Å². The number of nitrogens with zero attached hydrogens (tertiary/aromatic N) is 2. The zero-order chi connectivity index (χ0) is 14.8. The average Bonchev–Trinajstić information content (AvgIpc) is 2.84. The van der Waals surface area contributed by atoms with Gasteiger partial charge in [-0.1, -0.05) is 0 Å². The standard InChI is InChI=1S/C12H14BrN3O2S2/c1-14-12-4-3-11(6-15-12)20(17,18)16(2)7-10-5-9(13)8-19-10/h3-6,8H,7H2,1-2H3,(H,14,15). The van der Waals surface area contributed by atoms with Crippen LogP contribution in [0.25, 0.3) is 0 Å². The smallest absolute Gasteiger partial charge is 0.244 e. The van der Waals surface area contributed by atoms with Crippen LogP contribution < -0.4 is 5.32 Å². The van der Waals surface area contributed by atoms with E-state index in [2.05, 4.69) is 26.2 Å². The highest BCUT2D eigenvalue weighted by Crippen LogP contribution is 2.23. The first-order chi connectivity index (χ1) is 9.43. The van der Waals surface area contributed by atoms with E-state index in [0.29, 0.717) is 12.4 Å². The number of pyridine rings is 1. The summed E-state index contributed by atoms with van der Waals surface area (Å²) in [7, 11) is -0.221. The third-order valence-electron chi connectivity index (χ3n) is 2.70. The normalized spacial score (nSPS) is 11.8. The highest BCUT2D eigenvalue weighted by molar-refractivity contribution is 9.10. The fourth-order valence-electron chi connectivity index (χ4n) is 1.60. The minimum absolute atomic E-state index is 0.189. The van der Waals surface area contributed by atoms with Crippen molar-refractivity contribution >= 4 is 43.1 Å². The number of hydrogen-bond donors (Lipinski definition) is 1. The van der Waals surface area contributed by atoms with Crippen LogP contribution in [0.5, 0.6) is 0 Å². The largest absolute Gasteiger partial charge is 0.373 e. The van der Waals surface area contributed by atoms with Crippen molar-refractivity contribution in [1.29, 1.82) is 0 Å². The number of nitrogens with one attached hydrogen (secondary N) is 1. The minimum atomic E-state index is -3.52. The third-order valence-corrected chi connectivity index (χ3v) is 6.17. The van der Waals surface area contributed by atoms with E-state index in [1.165, 1.54) is 21.8 Å². The molecule has 0 amide bonds. The van der Waals surface area contributed by atoms with Crippen LogP contribution in [0.4, 0.5) is 5.82 Å². The third kappa shape index (κ3) is 3.38. The van der Waals surface area contributed by atoms with Crippen molar-refractivity contribution in [2.75, 3.05) is 19.4 Å². The van der Waals surface area contributed by atoms with E-state index < -0.39 is 10.0 Å². The van der Waals surface area contributed by atoms with Crippen LogP contribution in [-0.4, -0.2) is 31.8 Å². The average molecular weight is 376 g/mol. The van der Waals surface area contributed by atoms with Gasteiger partial charge in [0, 0.05) is 41.6 Å². The first-order valence-corrected chi connectivity index (χ1v) is 8.88. The molecule has 8 heteroatoms. The molecule has 0 unspecified atom stereocenters. The molecule has 5 nitrogen and oxygen atoms in total. The quantitative estimate of drug-likeness (QED) is 0.872. The molecule has 0 radical (unpaired) electrons. The van der Waals surface area contributed by atoms with E-state index >= 15 is 0 Å². The molecule has 108 valence electrons. The van der Waals surface area contributed by atoms with Crippen molar-refractivity contribution in [3.8, 4) is 0 Å². The number of sulfonamides is 1. The Morgan fingerprint density at radius 1 is 1.45 bits per heavy atom. The fourth-order valence-corrected chi connectivity index (χ4v) is 4.28. The van der Waals surface area contributed by atoms with Gasteiger partial charge in [-0.3, -0.25) is 0 Å². The van der Waals surface area contributed by atoms with E-state index in [1.807, 2.05) is 11.4 Å². The van der Waals surface area contributed by atoms with Crippen LogP contribution in [0, 0.1) is 0 Å². The Bertz CT molecular complexity index is 683. The molecule has 2 aromatic heterocycles. The number of rotatable bonds is 5. The number of halogens is 1. The Morgan fingerprint density at radius 3 is 2.70 bits per heavy atom. The lowest BCUT2D eigenvalue weighted by atomic mass is 10.5. The van der Waals surface area contributed by atoms with E-state index in [0.717, 1.165) is 9.35 Å². The predicted octanol–water partition coefficient (Wildman–Crippen LogP) is 2.77. The molecule has 0 aliphatic carbocycles. The Labute approximate surface area is 130 Å². The van der Waals surface area contributed by atoms with E-state index in [1.54, 1.807) is 26.2 Å². The molecular formula is C12H14BrN3O2S2. The molecule has 0 fully saturated rings. The molecule has 0 saturated heterocycles. The lowest BCUT2D eigenvalue weighted by Gasteiger charge is -2.16. The topological polar surface area (TPSA) is 62.3 Å². The lowest BCUT2D eigenvalue weighted by Crippen LogP contribution is -2.26. The van der Waals surface area contributed by atoms with Crippen LogP contribution in [0.15, 0.2) is 39.1 Å². The van der Waals surface area contributed by atoms with Crippen molar-refractivity contribution in [2.24, 2.45) is 0 Å². The highest BCUT2D eigenvalue weighted by atomic mass is 79.9. The zero-order valence-electron chi connectivity index (χ0n) is 11.0. The van der Waals surface area contributed by atoms with Crippen molar-refractivity contribution in [2.45, 2.75) is 11.4 Å². The van der Waals surface area contributed by atoms with Crippen LogP contribution in [0.2, 0.25) is 0 Å². The summed E-state index contributed by atoms with van der Waals surface area (Å²) in [5, 5.41) is 4.78. The molecule has 1 N–H and O–H groups in total. The first kappa shape index (κ1) is 15.4. The molecule has 0 saturated carbocycles. The van der Waals surface area contributed by atoms with E-state index in [-0.39, 0.29) is 4.90 Å². The number of aromatic nitrogens is 1. The van der Waals surface area contributed by atoms with Gasteiger partial charge in [0.2, 0.25) is 10.0 Å². The second kappa shape index (κ2) is 6.21. The molecular weight excluding hydrogens is 362 g/mol. The summed E-state index contributed by atoms with van der Waals surface area (Å²) >= 11 is 4.88. The Hall–Kier alpha value is -0.960. The second-order valence-electron chi connectivity index (χ2n) is 4.12. The van der Waals surface area contributed by atoms with Crippen LogP contribution in [-0.2, 0) is 16.6 Å². The summed E-state index contributed by atoms with van der Waals surface area (Å²) in [6.45, 7) is 0.340. The maximum absolute atomic E-state index is 12.4. The monoisotopic (exact) mass is 375 g/mol. The maximum atomic E-state index is 12.4. The van der Waals surface area contributed by atoms with Gasteiger partial charge in [0.05, 0.1) is 0 Å². The molecule has 0 aromatic carbocycles. The van der Waals surface area contributed by atoms with Crippen molar-refractivity contribution in [1.82, 2.24) is 9.29 Å². The van der Waals surface area contributed by atoms with Gasteiger partial charge in [-0.2, -0.15) is 4.31 Å². The molecule has 20 heavy (non-hydrogen) atoms. The predicted molar refractivity (Wildman–Crippen MR) is 84.5 cm³/mol. The Kier molecular flexibility index (Phi) is 4.79. The SMILES string of the molecule is CNc1ccc(S(=O)(=O)N(C)Cc2cc(Br)cs2)cn1. The second-order valence-corrected chi connectivity index (χ2v) is 8.08. The molecule has 2 aromatic rings. The van der Waals surface area contributed by atoms with Gasteiger partial charge >= 0.3 is 0 Å². The van der Waals surface area contributed by atoms with Crippen LogP contribution >= 0.6 is 27.3 Å². The maximum Gasteiger partial charge on any atom is 0.244 e. The number of thiophene rings is 1. The first-order valence-electron chi connectivity index (χ1n) is 5.76. The minimum Gasteiger partial charge on any atom is -0.373 e.